The molecule has 2 aromatic carbocycles. The van der Waals surface area contributed by atoms with Gasteiger partial charge in [0.05, 0.1) is 12.2 Å². The van der Waals surface area contributed by atoms with E-state index in [0.717, 1.165) is 27.9 Å². The lowest BCUT2D eigenvalue weighted by molar-refractivity contribution is 0.0962. The maximum atomic E-state index is 13.1. The monoisotopic (exact) mass is 457 g/mol. The van der Waals surface area contributed by atoms with Gasteiger partial charge in [0.1, 0.15) is 24.8 Å². The maximum Gasteiger partial charge on any atom is 0.182 e. The highest BCUT2D eigenvalue weighted by molar-refractivity contribution is 6.05. The number of amidine groups is 1. The van der Waals surface area contributed by atoms with E-state index in [2.05, 4.69) is 4.98 Å². The Hall–Kier alpha value is -3.87. The molecule has 2 N–H and O–H groups in total. The first kappa shape index (κ1) is 21.9. The van der Waals surface area contributed by atoms with Crippen molar-refractivity contribution in [1.82, 2.24) is 9.88 Å². The predicted octanol–water partition coefficient (Wildman–Crippen LogP) is 4.58. The van der Waals surface area contributed by atoms with Crippen LogP contribution >= 0.6 is 0 Å². The van der Waals surface area contributed by atoms with Crippen LogP contribution in [0.15, 0.2) is 48.7 Å². The number of pyridine rings is 1. The van der Waals surface area contributed by atoms with Gasteiger partial charge in [-0.3, -0.25) is 15.2 Å². The number of phenolic OH excluding ortho intramolecular Hbond substituents is 1. The van der Waals surface area contributed by atoms with Gasteiger partial charge in [-0.15, -0.1) is 0 Å². The highest BCUT2D eigenvalue weighted by Gasteiger charge is 2.29. The van der Waals surface area contributed by atoms with E-state index >= 15 is 0 Å². The van der Waals surface area contributed by atoms with Crippen molar-refractivity contribution >= 4 is 11.6 Å². The average molecular weight is 458 g/mol. The van der Waals surface area contributed by atoms with E-state index in [1.165, 1.54) is 0 Å². The van der Waals surface area contributed by atoms with Crippen molar-refractivity contribution in [3.63, 3.8) is 0 Å². The summed E-state index contributed by atoms with van der Waals surface area (Å²) in [4.78, 5) is 19.2. The summed E-state index contributed by atoms with van der Waals surface area (Å²) in [7, 11) is 0. The van der Waals surface area contributed by atoms with Crippen molar-refractivity contribution in [3.05, 3.63) is 82.2 Å². The van der Waals surface area contributed by atoms with Gasteiger partial charge in [-0.05, 0) is 52.9 Å². The van der Waals surface area contributed by atoms with Gasteiger partial charge in [-0.25, -0.2) is 0 Å². The first-order chi connectivity index (χ1) is 16.2. The van der Waals surface area contributed by atoms with E-state index in [0.29, 0.717) is 36.8 Å². The Morgan fingerprint density at radius 2 is 1.85 bits per heavy atom. The summed E-state index contributed by atoms with van der Waals surface area (Å²) < 4.78 is 12.0. The number of carbonyl (C=O) groups is 1. The van der Waals surface area contributed by atoms with Gasteiger partial charge < -0.3 is 19.5 Å². The number of benzene rings is 2. The number of fused-ring (bicyclic) bond motifs is 3. The third kappa shape index (κ3) is 3.98. The van der Waals surface area contributed by atoms with Gasteiger partial charge in [-0.1, -0.05) is 26.8 Å². The van der Waals surface area contributed by atoms with Gasteiger partial charge >= 0.3 is 0 Å². The summed E-state index contributed by atoms with van der Waals surface area (Å²) in [6.45, 7) is 7.23. The van der Waals surface area contributed by atoms with Crippen molar-refractivity contribution in [1.29, 1.82) is 5.41 Å². The van der Waals surface area contributed by atoms with E-state index < -0.39 is 0 Å². The molecule has 0 saturated heterocycles. The van der Waals surface area contributed by atoms with Crippen LogP contribution < -0.4 is 9.47 Å². The fourth-order valence-electron chi connectivity index (χ4n) is 4.38. The molecule has 1 aromatic heterocycles. The molecule has 0 spiro atoms. The van der Waals surface area contributed by atoms with Crippen LogP contribution in [0.1, 0.15) is 59.1 Å². The third-order valence-electron chi connectivity index (χ3n) is 6.30. The van der Waals surface area contributed by atoms with Gasteiger partial charge in [0.15, 0.2) is 17.3 Å². The Balaban J connectivity index is 1.36. The lowest BCUT2D eigenvalue weighted by atomic mass is 9.85. The Morgan fingerprint density at radius 3 is 2.65 bits per heavy atom. The Labute approximate surface area is 198 Å². The number of phenols is 1. The number of rotatable bonds is 3. The zero-order valence-electron chi connectivity index (χ0n) is 19.5. The standard InChI is InChI=1S/C27H27N3O4/c1-27(2,3)20-9-16(6-7-22(20)31)23(32)13-30-12-18-10-24-25(11-19(18)26(30)28)34-15-21-17(14-33-24)5-4-8-29-21/h4-11,28,31H,12-15H2,1-3H3. The number of hydrogen-bond acceptors (Lipinski definition) is 6. The second-order valence-corrected chi connectivity index (χ2v) is 9.75. The molecular formula is C27H27N3O4. The number of nitrogens with zero attached hydrogens (tertiary/aromatic N) is 2. The number of carbonyl (C=O) groups excluding carboxylic acids is 1. The van der Waals surface area contributed by atoms with Gasteiger partial charge in [0.2, 0.25) is 0 Å². The number of ether oxygens (including phenoxy) is 2. The Bertz CT molecular complexity index is 1310. The summed E-state index contributed by atoms with van der Waals surface area (Å²) in [6, 6.07) is 12.5. The first-order valence-corrected chi connectivity index (χ1v) is 11.3. The second kappa shape index (κ2) is 8.17. The molecule has 2 aliphatic rings. The van der Waals surface area contributed by atoms with E-state index in [4.69, 9.17) is 14.9 Å². The molecular weight excluding hydrogens is 430 g/mol. The normalized spacial score (nSPS) is 14.8. The number of aromatic hydroxyl groups is 1. The molecule has 3 aromatic rings. The van der Waals surface area contributed by atoms with Crippen LogP contribution in [0.5, 0.6) is 17.2 Å². The lowest BCUT2D eigenvalue weighted by Crippen LogP contribution is -2.30. The largest absolute Gasteiger partial charge is 0.508 e. The zero-order valence-corrected chi connectivity index (χ0v) is 19.5. The molecule has 5 rings (SSSR count). The maximum absolute atomic E-state index is 13.1. The smallest absolute Gasteiger partial charge is 0.182 e. The number of hydrogen-bond donors (Lipinski definition) is 2. The summed E-state index contributed by atoms with van der Waals surface area (Å²) in [6.07, 6.45) is 1.73. The van der Waals surface area contributed by atoms with Crippen LogP contribution in [0.4, 0.5) is 0 Å². The van der Waals surface area contributed by atoms with E-state index in [-0.39, 0.29) is 29.3 Å². The van der Waals surface area contributed by atoms with Crippen LogP contribution in [0, 0.1) is 5.41 Å². The molecule has 7 nitrogen and oxygen atoms in total. The van der Waals surface area contributed by atoms with Gasteiger partial charge in [-0.2, -0.15) is 0 Å². The summed E-state index contributed by atoms with van der Waals surface area (Å²) in [5.41, 5.74) is 4.43. The quantitative estimate of drug-likeness (QED) is 0.559. The molecule has 0 fully saturated rings. The SMILES string of the molecule is CC(C)(C)c1cc(C(=O)CN2Cc3cc4c(cc3C2=N)OCc2ncccc2CO4)ccc1O. The summed E-state index contributed by atoms with van der Waals surface area (Å²) >= 11 is 0. The highest BCUT2D eigenvalue weighted by Crippen LogP contribution is 2.37. The van der Waals surface area contributed by atoms with Crippen molar-refractivity contribution in [2.24, 2.45) is 0 Å². The molecule has 174 valence electrons. The number of nitrogens with one attached hydrogen (secondary N) is 1. The van der Waals surface area contributed by atoms with E-state index in [1.807, 2.05) is 45.0 Å². The molecule has 0 radical (unpaired) electrons. The molecule has 7 heteroatoms. The summed E-state index contributed by atoms with van der Waals surface area (Å²) in [5.74, 6) is 1.56. The fraction of sp³-hybridized carbons (Fsp3) is 0.296. The molecule has 0 atom stereocenters. The second-order valence-electron chi connectivity index (χ2n) is 9.75. The van der Waals surface area contributed by atoms with Crippen molar-refractivity contribution in [3.8, 4) is 17.2 Å². The van der Waals surface area contributed by atoms with Crippen LogP contribution in [0.25, 0.3) is 0 Å². The highest BCUT2D eigenvalue weighted by atomic mass is 16.5. The van der Waals surface area contributed by atoms with Gasteiger partial charge in [0, 0.05) is 29.4 Å². The number of ketones is 1. The van der Waals surface area contributed by atoms with Crippen molar-refractivity contribution in [2.75, 3.05) is 6.54 Å². The lowest BCUT2D eigenvalue weighted by Gasteiger charge is -2.22. The Morgan fingerprint density at radius 1 is 1.09 bits per heavy atom. The van der Waals surface area contributed by atoms with E-state index in [1.54, 1.807) is 29.3 Å². The number of Topliss-reactive ketones (excluding diaryl/α,β-unsaturated/α-hetero) is 1. The van der Waals surface area contributed by atoms with Crippen LogP contribution in [-0.2, 0) is 25.2 Å². The molecule has 0 saturated carbocycles. The minimum absolute atomic E-state index is 0.0730. The van der Waals surface area contributed by atoms with Gasteiger partial charge in [0.25, 0.3) is 0 Å². The summed E-state index contributed by atoms with van der Waals surface area (Å²) in [5, 5.41) is 18.9. The molecule has 0 bridgehead atoms. The molecule has 3 heterocycles. The number of aromatic nitrogens is 1. The first-order valence-electron chi connectivity index (χ1n) is 11.3. The topological polar surface area (TPSA) is 95.7 Å². The molecule has 0 aliphatic carbocycles. The minimum atomic E-state index is -0.289. The van der Waals surface area contributed by atoms with Crippen LogP contribution in [0.3, 0.4) is 0 Å². The molecule has 2 aliphatic heterocycles. The van der Waals surface area contributed by atoms with Crippen LogP contribution in [-0.4, -0.2) is 33.2 Å². The van der Waals surface area contributed by atoms with Crippen molar-refractivity contribution in [2.45, 2.75) is 45.9 Å². The Kier molecular flexibility index (Phi) is 5.27. The zero-order chi connectivity index (χ0) is 24.0. The fourth-order valence-corrected chi connectivity index (χ4v) is 4.38. The molecule has 0 amide bonds. The van der Waals surface area contributed by atoms with E-state index in [9.17, 15) is 9.90 Å². The van der Waals surface area contributed by atoms with Crippen molar-refractivity contribution < 1.29 is 19.4 Å². The minimum Gasteiger partial charge on any atom is -0.508 e. The van der Waals surface area contributed by atoms with Crippen LogP contribution in [0.2, 0.25) is 0 Å². The third-order valence-corrected chi connectivity index (χ3v) is 6.30. The predicted molar refractivity (Wildman–Crippen MR) is 128 cm³/mol. The molecule has 0 unspecified atom stereocenters. The average Bonchev–Trinajstić information content (AvgIpc) is 3.08. The molecule has 34 heavy (non-hydrogen) atoms.